The Hall–Kier alpha value is -0.890. The zero-order valence-electron chi connectivity index (χ0n) is 7.10. The van der Waals surface area contributed by atoms with Crippen LogP contribution in [0.15, 0.2) is 12.1 Å². The summed E-state index contributed by atoms with van der Waals surface area (Å²) in [5, 5.41) is 9.84. The number of rotatable bonds is 2. The molecule has 0 radical (unpaired) electrons. The van der Waals surface area contributed by atoms with Crippen molar-refractivity contribution >= 4 is 11.6 Å². The number of phenols is 1. The van der Waals surface area contributed by atoms with Crippen LogP contribution in [0.4, 0.5) is 0 Å². The maximum Gasteiger partial charge on any atom is 0.177 e. The molecule has 1 aromatic carbocycles. The Labute approximate surface area is 76.7 Å². The zero-order chi connectivity index (χ0) is 9.14. The fourth-order valence-corrected chi connectivity index (χ4v) is 1.32. The number of aryl methyl sites for hydroxylation is 1. The van der Waals surface area contributed by atoms with E-state index in [-0.39, 0.29) is 5.75 Å². The maximum absolute atomic E-state index is 9.45. The highest BCUT2D eigenvalue weighted by atomic mass is 35.5. The van der Waals surface area contributed by atoms with Crippen LogP contribution in [0, 0.1) is 0 Å². The molecule has 1 aromatic rings. The summed E-state index contributed by atoms with van der Waals surface area (Å²) in [5.41, 5.74) is 0.926. The van der Waals surface area contributed by atoms with Crippen LogP contribution in [0.2, 0.25) is 5.02 Å². The molecule has 1 N–H and O–H groups in total. The monoisotopic (exact) mass is 186 g/mol. The van der Waals surface area contributed by atoms with E-state index in [0.717, 1.165) is 12.0 Å². The number of hydrogen-bond donors (Lipinski definition) is 1. The van der Waals surface area contributed by atoms with E-state index < -0.39 is 0 Å². The van der Waals surface area contributed by atoms with Crippen molar-refractivity contribution in [1.82, 2.24) is 0 Å². The van der Waals surface area contributed by atoms with Gasteiger partial charge < -0.3 is 9.84 Å². The van der Waals surface area contributed by atoms with Gasteiger partial charge in [-0.2, -0.15) is 0 Å². The smallest absolute Gasteiger partial charge is 0.177 e. The van der Waals surface area contributed by atoms with Gasteiger partial charge in [-0.3, -0.25) is 0 Å². The molecule has 0 aliphatic carbocycles. The molecule has 0 atom stereocenters. The van der Waals surface area contributed by atoms with Crippen molar-refractivity contribution in [2.45, 2.75) is 13.3 Å². The number of halogens is 1. The molecule has 0 aliphatic heterocycles. The van der Waals surface area contributed by atoms with Crippen molar-refractivity contribution in [3.63, 3.8) is 0 Å². The Morgan fingerprint density at radius 3 is 2.67 bits per heavy atom. The fourth-order valence-electron chi connectivity index (χ4n) is 1.03. The molecule has 1 rings (SSSR count). The first-order chi connectivity index (χ1) is 5.70. The average Bonchev–Trinajstić information content (AvgIpc) is 2.10. The van der Waals surface area contributed by atoms with Crippen molar-refractivity contribution in [3.05, 3.63) is 22.7 Å². The first kappa shape index (κ1) is 9.20. The SMILES string of the molecule is CCc1ccc(OC)c(O)c1Cl. The van der Waals surface area contributed by atoms with Gasteiger partial charge in [0.1, 0.15) is 0 Å². The minimum atomic E-state index is 0.0264. The number of benzene rings is 1. The molecule has 12 heavy (non-hydrogen) atoms. The molecular formula is C9H11ClO2. The van der Waals surface area contributed by atoms with Gasteiger partial charge in [-0.05, 0) is 18.1 Å². The Morgan fingerprint density at radius 2 is 2.17 bits per heavy atom. The van der Waals surface area contributed by atoms with Crippen LogP contribution in [0.1, 0.15) is 12.5 Å². The summed E-state index contributed by atoms with van der Waals surface area (Å²) < 4.78 is 4.89. The summed E-state index contributed by atoms with van der Waals surface area (Å²) in [6.45, 7) is 1.98. The largest absolute Gasteiger partial charge is 0.503 e. The lowest BCUT2D eigenvalue weighted by atomic mass is 10.1. The second kappa shape index (κ2) is 3.68. The van der Waals surface area contributed by atoms with E-state index >= 15 is 0 Å². The summed E-state index contributed by atoms with van der Waals surface area (Å²) in [6.07, 6.45) is 0.802. The Morgan fingerprint density at radius 1 is 1.50 bits per heavy atom. The molecule has 0 bridgehead atoms. The van der Waals surface area contributed by atoms with Gasteiger partial charge in [0.25, 0.3) is 0 Å². The third-order valence-corrected chi connectivity index (χ3v) is 2.18. The topological polar surface area (TPSA) is 29.5 Å². The van der Waals surface area contributed by atoms with E-state index in [1.807, 2.05) is 13.0 Å². The standard InChI is InChI=1S/C9H11ClO2/c1-3-6-4-5-7(12-2)9(11)8(6)10/h4-5,11H,3H2,1-2H3. The fraction of sp³-hybridized carbons (Fsp3) is 0.333. The first-order valence-electron chi connectivity index (χ1n) is 3.75. The van der Waals surface area contributed by atoms with Crippen LogP contribution in [-0.4, -0.2) is 12.2 Å². The summed E-state index contributed by atoms with van der Waals surface area (Å²) in [6, 6.07) is 3.56. The van der Waals surface area contributed by atoms with Gasteiger partial charge >= 0.3 is 0 Å². The second-order valence-corrected chi connectivity index (χ2v) is 2.82. The summed E-state index contributed by atoms with van der Waals surface area (Å²) in [7, 11) is 1.50. The molecule has 0 heterocycles. The summed E-state index contributed by atoms with van der Waals surface area (Å²) >= 11 is 5.85. The van der Waals surface area contributed by atoms with E-state index in [1.54, 1.807) is 6.07 Å². The number of methoxy groups -OCH3 is 1. The van der Waals surface area contributed by atoms with Gasteiger partial charge in [0.15, 0.2) is 11.5 Å². The van der Waals surface area contributed by atoms with Crippen LogP contribution >= 0.6 is 11.6 Å². The number of phenolic OH excluding ortho intramolecular Hbond substituents is 1. The third-order valence-electron chi connectivity index (χ3n) is 1.76. The highest BCUT2D eigenvalue weighted by molar-refractivity contribution is 6.33. The van der Waals surface area contributed by atoms with Crippen molar-refractivity contribution in [3.8, 4) is 11.5 Å². The highest BCUT2D eigenvalue weighted by Crippen LogP contribution is 2.36. The van der Waals surface area contributed by atoms with Crippen molar-refractivity contribution < 1.29 is 9.84 Å². The zero-order valence-corrected chi connectivity index (χ0v) is 7.85. The van der Waals surface area contributed by atoms with Crippen LogP contribution in [-0.2, 0) is 6.42 Å². The minimum absolute atomic E-state index is 0.0264. The maximum atomic E-state index is 9.45. The van der Waals surface area contributed by atoms with Crippen LogP contribution < -0.4 is 4.74 Å². The number of aromatic hydroxyl groups is 1. The van der Waals surface area contributed by atoms with Crippen LogP contribution in [0.25, 0.3) is 0 Å². The Kier molecular flexibility index (Phi) is 2.82. The molecule has 0 aliphatic rings. The summed E-state index contributed by atoms with van der Waals surface area (Å²) in [4.78, 5) is 0. The molecule has 0 saturated carbocycles. The molecular weight excluding hydrogens is 176 g/mol. The van der Waals surface area contributed by atoms with E-state index in [1.165, 1.54) is 7.11 Å². The Bertz CT molecular complexity index is 255. The number of ether oxygens (including phenoxy) is 1. The lowest BCUT2D eigenvalue weighted by Crippen LogP contribution is -1.87. The highest BCUT2D eigenvalue weighted by Gasteiger charge is 2.08. The van der Waals surface area contributed by atoms with Crippen molar-refractivity contribution in [2.75, 3.05) is 7.11 Å². The van der Waals surface area contributed by atoms with E-state index in [0.29, 0.717) is 10.8 Å². The van der Waals surface area contributed by atoms with E-state index in [2.05, 4.69) is 0 Å². The quantitative estimate of drug-likeness (QED) is 0.770. The summed E-state index contributed by atoms with van der Waals surface area (Å²) in [5.74, 6) is 0.440. The minimum Gasteiger partial charge on any atom is -0.503 e. The molecule has 2 nitrogen and oxygen atoms in total. The van der Waals surface area contributed by atoms with Crippen molar-refractivity contribution in [1.29, 1.82) is 0 Å². The van der Waals surface area contributed by atoms with Gasteiger partial charge in [-0.25, -0.2) is 0 Å². The molecule has 0 spiro atoms. The normalized spacial score (nSPS) is 9.92. The van der Waals surface area contributed by atoms with Gasteiger partial charge in [0.2, 0.25) is 0 Å². The van der Waals surface area contributed by atoms with Gasteiger partial charge in [0.05, 0.1) is 12.1 Å². The van der Waals surface area contributed by atoms with E-state index in [9.17, 15) is 5.11 Å². The molecule has 0 aromatic heterocycles. The third kappa shape index (κ3) is 1.48. The van der Waals surface area contributed by atoms with Gasteiger partial charge in [0, 0.05) is 0 Å². The molecule has 0 unspecified atom stereocenters. The molecule has 3 heteroatoms. The van der Waals surface area contributed by atoms with Crippen LogP contribution in [0.5, 0.6) is 11.5 Å². The Balaban J connectivity index is 3.20. The molecule has 0 fully saturated rings. The predicted octanol–water partition coefficient (Wildman–Crippen LogP) is 2.62. The van der Waals surface area contributed by atoms with Crippen molar-refractivity contribution in [2.24, 2.45) is 0 Å². The van der Waals surface area contributed by atoms with Gasteiger partial charge in [-0.15, -0.1) is 0 Å². The average molecular weight is 187 g/mol. The first-order valence-corrected chi connectivity index (χ1v) is 4.12. The molecule has 0 amide bonds. The molecule has 66 valence electrons. The van der Waals surface area contributed by atoms with Crippen LogP contribution in [0.3, 0.4) is 0 Å². The second-order valence-electron chi connectivity index (χ2n) is 2.44. The van der Waals surface area contributed by atoms with E-state index in [4.69, 9.17) is 16.3 Å². The lowest BCUT2D eigenvalue weighted by molar-refractivity contribution is 0.373. The lowest BCUT2D eigenvalue weighted by Gasteiger charge is -2.07. The molecule has 0 saturated heterocycles. The van der Waals surface area contributed by atoms with Gasteiger partial charge in [-0.1, -0.05) is 24.6 Å². The predicted molar refractivity (Wildman–Crippen MR) is 49.0 cm³/mol. The number of hydrogen-bond acceptors (Lipinski definition) is 2.